The molecule has 0 saturated heterocycles. The van der Waals surface area contributed by atoms with Crippen molar-refractivity contribution in [2.45, 2.75) is 5.66 Å². The molecule has 0 aromatic carbocycles. The second kappa shape index (κ2) is 3.05. The maximum absolute atomic E-state index is 10.4. The van der Waals surface area contributed by atoms with Gasteiger partial charge in [-0.1, -0.05) is 0 Å². The number of carbonyl (C=O) groups is 3. The molecule has 8 heteroatoms. The molecule has 0 aliphatic rings. The average molecular weight is 177 g/mol. The van der Waals surface area contributed by atoms with E-state index < -0.39 is 23.6 Å². The van der Waals surface area contributed by atoms with Gasteiger partial charge in [-0.05, 0) is 0 Å². The molecule has 12 heavy (non-hydrogen) atoms. The Bertz CT molecular complexity index is 223. The van der Waals surface area contributed by atoms with E-state index in [1.807, 2.05) is 0 Å². The molecule has 0 rings (SSSR count). The van der Waals surface area contributed by atoms with Crippen molar-refractivity contribution in [1.82, 2.24) is 5.32 Å². The number of amides is 2. The summed E-state index contributed by atoms with van der Waals surface area (Å²) in [5.41, 5.74) is 6.60. The zero-order valence-corrected chi connectivity index (χ0v) is 5.77. The van der Waals surface area contributed by atoms with Crippen LogP contribution in [0.3, 0.4) is 0 Å². The maximum Gasteiger partial charge on any atom is 0.406 e. The third-order valence-corrected chi connectivity index (χ3v) is 1.03. The Morgan fingerprint density at radius 3 is 1.75 bits per heavy atom. The first-order chi connectivity index (χ1) is 5.30. The molecule has 0 aromatic heterocycles. The lowest BCUT2D eigenvalue weighted by Gasteiger charge is -2.19. The van der Waals surface area contributed by atoms with Crippen LogP contribution in [0.25, 0.3) is 0 Å². The lowest BCUT2D eigenvalue weighted by Crippen LogP contribution is -2.68. The van der Waals surface area contributed by atoms with Crippen LogP contribution in [0.15, 0.2) is 0 Å². The first-order valence-corrected chi connectivity index (χ1v) is 2.64. The fourth-order valence-electron chi connectivity index (χ4n) is 0.389. The predicted octanol–water partition coefficient (Wildman–Crippen LogP) is -2.52. The van der Waals surface area contributed by atoms with Crippen LogP contribution in [0.4, 0.5) is 4.79 Å². The Hall–Kier alpha value is -1.83. The van der Waals surface area contributed by atoms with E-state index in [2.05, 4.69) is 5.73 Å². The summed E-state index contributed by atoms with van der Waals surface area (Å²) >= 11 is 0. The Balaban J connectivity index is 4.75. The lowest BCUT2D eigenvalue weighted by molar-refractivity contribution is -0.149. The van der Waals surface area contributed by atoms with E-state index in [0.29, 0.717) is 0 Å². The molecule has 0 aromatic rings. The van der Waals surface area contributed by atoms with Crippen LogP contribution >= 0.6 is 0 Å². The summed E-state index contributed by atoms with van der Waals surface area (Å²) in [5, 5.41) is 17.7. The average Bonchev–Trinajstić information content (AvgIpc) is 1.84. The number of primary amides is 1. The van der Waals surface area contributed by atoms with Crippen molar-refractivity contribution in [3.8, 4) is 0 Å². The van der Waals surface area contributed by atoms with Gasteiger partial charge in [-0.3, -0.25) is 15.8 Å². The molecule has 1 atom stereocenters. The molecule has 0 heterocycles. The van der Waals surface area contributed by atoms with E-state index in [1.165, 1.54) is 5.32 Å². The number of carbonyl (C=O) groups excluding carboxylic acids is 1. The molecular weight excluding hydrogens is 170 g/mol. The first kappa shape index (κ1) is 10.2. The Labute approximate surface area is 66.1 Å². The smallest absolute Gasteiger partial charge is 0.406 e. The fraction of sp³-hybridized carbons (Fsp3) is 0.250. The van der Waals surface area contributed by atoms with Gasteiger partial charge >= 0.3 is 12.1 Å². The summed E-state index contributed by atoms with van der Waals surface area (Å²) in [6, 6.07) is 0. The van der Waals surface area contributed by atoms with Gasteiger partial charge in [0.2, 0.25) is 0 Å². The predicted molar refractivity (Wildman–Crippen MR) is 34.9 cm³/mol. The molecule has 7 N–H and O–H groups in total. The van der Waals surface area contributed by atoms with Gasteiger partial charge in [0.25, 0.3) is 11.6 Å². The molecule has 8 nitrogen and oxygen atoms in total. The van der Waals surface area contributed by atoms with E-state index in [4.69, 9.17) is 15.9 Å². The summed E-state index contributed by atoms with van der Waals surface area (Å²) in [7, 11) is 0. The zero-order valence-electron chi connectivity index (χ0n) is 5.77. The summed E-state index contributed by atoms with van der Waals surface area (Å²) in [4.78, 5) is 30.6. The van der Waals surface area contributed by atoms with Crippen LogP contribution < -0.4 is 16.8 Å². The highest BCUT2D eigenvalue weighted by molar-refractivity contribution is 6.07. The van der Waals surface area contributed by atoms with Gasteiger partial charge in [0.1, 0.15) is 0 Å². The summed E-state index contributed by atoms with van der Waals surface area (Å²) in [5.74, 6) is -3.35. The van der Waals surface area contributed by atoms with Crippen LogP contribution in [0.5, 0.6) is 0 Å². The van der Waals surface area contributed by atoms with Gasteiger partial charge in [0.15, 0.2) is 0 Å². The minimum Gasteiger partial charge on any atom is -0.478 e. The van der Waals surface area contributed by atoms with Crippen molar-refractivity contribution in [3.05, 3.63) is 0 Å². The van der Waals surface area contributed by atoms with Crippen molar-refractivity contribution in [2.75, 3.05) is 0 Å². The third kappa shape index (κ3) is 1.83. The number of nitrogens with two attached hydrogens (primary N) is 2. The van der Waals surface area contributed by atoms with Crippen LogP contribution in [0.2, 0.25) is 0 Å². The van der Waals surface area contributed by atoms with Crippen molar-refractivity contribution >= 4 is 18.0 Å². The highest BCUT2D eigenvalue weighted by Crippen LogP contribution is 1.93. The van der Waals surface area contributed by atoms with Gasteiger partial charge in [-0.2, -0.15) is 0 Å². The molecule has 0 fully saturated rings. The Kier molecular flexibility index (Phi) is 2.58. The van der Waals surface area contributed by atoms with Crippen LogP contribution in [0, 0.1) is 0 Å². The topological polar surface area (TPSA) is 156 Å². The minimum absolute atomic E-state index is 1.28. The lowest BCUT2D eigenvalue weighted by atomic mass is 10.2. The molecule has 68 valence electrons. The molecule has 0 aliphatic carbocycles. The molecule has 0 saturated carbocycles. The SMILES string of the molecule is NC(=O)C(N)(NC(=O)O)C(=O)O. The van der Waals surface area contributed by atoms with Crippen molar-refractivity contribution in [2.24, 2.45) is 11.5 Å². The Morgan fingerprint density at radius 1 is 1.25 bits per heavy atom. The second-order valence-corrected chi connectivity index (χ2v) is 1.91. The first-order valence-electron chi connectivity index (χ1n) is 2.64. The van der Waals surface area contributed by atoms with Crippen LogP contribution in [0.1, 0.15) is 0 Å². The molecular formula is C4H7N3O5. The molecule has 0 radical (unpaired) electrons. The largest absolute Gasteiger partial charge is 0.478 e. The number of nitrogens with one attached hydrogen (secondary N) is 1. The van der Waals surface area contributed by atoms with E-state index in [0.717, 1.165) is 0 Å². The standard InChI is InChI=1S/C4H7N3O5/c5-1(8)4(6,2(9)10)7-3(11)12/h7H,6H2,(H2,5,8)(H,9,10)(H,11,12). The monoisotopic (exact) mass is 177 g/mol. The fourth-order valence-corrected chi connectivity index (χ4v) is 0.389. The highest BCUT2D eigenvalue weighted by Gasteiger charge is 2.42. The number of aliphatic carboxylic acids is 1. The zero-order chi connectivity index (χ0) is 9.94. The van der Waals surface area contributed by atoms with Gasteiger partial charge in [0.05, 0.1) is 0 Å². The van der Waals surface area contributed by atoms with E-state index in [-0.39, 0.29) is 0 Å². The number of carboxylic acids is 1. The van der Waals surface area contributed by atoms with Gasteiger partial charge < -0.3 is 15.9 Å². The van der Waals surface area contributed by atoms with E-state index in [9.17, 15) is 14.4 Å². The molecule has 0 bridgehead atoms. The molecule has 2 amide bonds. The molecule has 1 unspecified atom stereocenters. The van der Waals surface area contributed by atoms with Gasteiger partial charge in [-0.15, -0.1) is 0 Å². The normalized spacial score (nSPS) is 14.4. The van der Waals surface area contributed by atoms with Crippen molar-refractivity contribution in [3.63, 3.8) is 0 Å². The summed E-state index contributed by atoms with van der Waals surface area (Å²) in [6.07, 6.45) is -1.75. The minimum atomic E-state index is -2.77. The number of hydrogen-bond donors (Lipinski definition) is 5. The highest BCUT2D eigenvalue weighted by atomic mass is 16.4. The maximum atomic E-state index is 10.4. The van der Waals surface area contributed by atoms with E-state index >= 15 is 0 Å². The van der Waals surface area contributed by atoms with Crippen molar-refractivity contribution in [1.29, 1.82) is 0 Å². The number of carboxylic acid groups (broad SMARTS) is 2. The molecule has 0 spiro atoms. The number of rotatable bonds is 3. The van der Waals surface area contributed by atoms with Gasteiger partial charge in [0, 0.05) is 0 Å². The van der Waals surface area contributed by atoms with E-state index in [1.54, 1.807) is 0 Å². The quantitative estimate of drug-likeness (QED) is 0.236. The number of hydrogen-bond acceptors (Lipinski definition) is 4. The molecule has 0 aliphatic heterocycles. The van der Waals surface area contributed by atoms with Crippen LogP contribution in [-0.2, 0) is 9.59 Å². The Morgan fingerprint density at radius 2 is 1.67 bits per heavy atom. The summed E-state index contributed by atoms with van der Waals surface area (Å²) in [6.45, 7) is 0. The second-order valence-electron chi connectivity index (χ2n) is 1.91. The van der Waals surface area contributed by atoms with Crippen molar-refractivity contribution < 1.29 is 24.6 Å². The summed E-state index contributed by atoms with van der Waals surface area (Å²) < 4.78 is 0. The third-order valence-electron chi connectivity index (χ3n) is 1.03. The van der Waals surface area contributed by atoms with Crippen LogP contribution in [-0.4, -0.2) is 33.8 Å². The van der Waals surface area contributed by atoms with Gasteiger partial charge in [-0.25, -0.2) is 9.59 Å².